The molecule has 0 radical (unpaired) electrons. The van der Waals surface area contributed by atoms with Crippen LogP contribution in [0.2, 0.25) is 0 Å². The van der Waals surface area contributed by atoms with Gasteiger partial charge in [-0.1, -0.05) is 25.1 Å². The molecule has 1 unspecified atom stereocenters. The Labute approximate surface area is 91.6 Å². The lowest BCUT2D eigenvalue weighted by Crippen LogP contribution is -2.31. The second-order valence-electron chi connectivity index (χ2n) is 4.19. The molecule has 2 heteroatoms. The smallest absolute Gasteiger partial charge is 0.122 e. The molecule has 1 aliphatic rings. The van der Waals surface area contributed by atoms with Crippen LogP contribution in [0, 0.1) is 5.92 Å². The highest BCUT2D eigenvalue weighted by Crippen LogP contribution is 2.26. The van der Waals surface area contributed by atoms with E-state index in [1.165, 1.54) is 12.0 Å². The summed E-state index contributed by atoms with van der Waals surface area (Å²) in [5.41, 5.74) is 1.35. The van der Waals surface area contributed by atoms with Crippen LogP contribution in [0.3, 0.4) is 0 Å². The highest BCUT2D eigenvalue weighted by molar-refractivity contribution is 5.35. The van der Waals surface area contributed by atoms with Crippen molar-refractivity contribution in [2.24, 2.45) is 5.92 Å². The van der Waals surface area contributed by atoms with E-state index >= 15 is 0 Å². The minimum atomic E-state index is 0.631. The molecule has 82 valence electrons. The summed E-state index contributed by atoms with van der Waals surface area (Å²) in [4.78, 5) is 0. The van der Waals surface area contributed by atoms with Crippen molar-refractivity contribution >= 4 is 0 Å². The van der Waals surface area contributed by atoms with Gasteiger partial charge in [0.05, 0.1) is 6.61 Å². The Morgan fingerprint density at radius 3 is 3.13 bits per heavy atom. The first-order chi connectivity index (χ1) is 7.40. The van der Waals surface area contributed by atoms with Gasteiger partial charge in [0, 0.05) is 12.5 Å². The summed E-state index contributed by atoms with van der Waals surface area (Å²) in [6, 6.07) is 8.35. The Balaban J connectivity index is 1.88. The van der Waals surface area contributed by atoms with Crippen LogP contribution < -0.4 is 10.1 Å². The lowest BCUT2D eigenvalue weighted by atomic mass is 9.97. The normalized spacial score (nSPS) is 19.4. The summed E-state index contributed by atoms with van der Waals surface area (Å²) in [7, 11) is 0. The molecule has 0 saturated heterocycles. The Morgan fingerprint density at radius 1 is 1.40 bits per heavy atom. The lowest BCUT2D eigenvalue weighted by Gasteiger charge is -2.25. The van der Waals surface area contributed by atoms with E-state index in [-0.39, 0.29) is 0 Å². The Hall–Kier alpha value is -1.02. The maximum absolute atomic E-state index is 5.73. The maximum atomic E-state index is 5.73. The molecule has 0 aliphatic carbocycles. The number of nitrogens with one attached hydrogen (secondary N) is 1. The Morgan fingerprint density at radius 2 is 2.27 bits per heavy atom. The number of benzene rings is 1. The number of rotatable bonds is 4. The molecular formula is C13H19NO. The summed E-state index contributed by atoms with van der Waals surface area (Å²) in [5, 5.41) is 3.46. The molecule has 2 rings (SSSR count). The summed E-state index contributed by atoms with van der Waals surface area (Å²) < 4.78 is 5.73. The van der Waals surface area contributed by atoms with Gasteiger partial charge < -0.3 is 10.1 Å². The first kappa shape index (κ1) is 10.5. The fourth-order valence-corrected chi connectivity index (χ4v) is 2.00. The van der Waals surface area contributed by atoms with Crippen LogP contribution in [0.25, 0.3) is 0 Å². The third kappa shape index (κ3) is 2.72. The van der Waals surface area contributed by atoms with Crippen LogP contribution in [0.4, 0.5) is 0 Å². The minimum absolute atomic E-state index is 0.631. The Bertz CT molecular complexity index is 311. The van der Waals surface area contributed by atoms with Crippen molar-refractivity contribution in [3.05, 3.63) is 29.8 Å². The van der Waals surface area contributed by atoms with E-state index in [1.807, 2.05) is 6.07 Å². The van der Waals surface area contributed by atoms with Gasteiger partial charge in [-0.25, -0.2) is 0 Å². The fraction of sp³-hybridized carbons (Fsp3) is 0.538. The average molecular weight is 205 g/mol. The van der Waals surface area contributed by atoms with E-state index in [4.69, 9.17) is 4.74 Å². The van der Waals surface area contributed by atoms with Crippen LogP contribution in [0.1, 0.15) is 18.9 Å². The number of ether oxygens (including phenoxy) is 1. The molecule has 1 heterocycles. The monoisotopic (exact) mass is 205 g/mol. The zero-order valence-corrected chi connectivity index (χ0v) is 9.33. The number of hydrogen-bond donors (Lipinski definition) is 1. The molecule has 1 N–H and O–H groups in total. The van der Waals surface area contributed by atoms with Crippen molar-refractivity contribution in [2.45, 2.75) is 19.8 Å². The topological polar surface area (TPSA) is 21.3 Å². The van der Waals surface area contributed by atoms with Gasteiger partial charge >= 0.3 is 0 Å². The third-order valence-electron chi connectivity index (χ3n) is 2.82. The van der Waals surface area contributed by atoms with Crippen LogP contribution in [0.5, 0.6) is 5.75 Å². The molecule has 0 amide bonds. The molecule has 0 bridgehead atoms. The molecular weight excluding hydrogens is 186 g/mol. The van der Waals surface area contributed by atoms with Gasteiger partial charge in [0.25, 0.3) is 0 Å². The molecule has 0 fully saturated rings. The molecule has 0 aromatic heterocycles. The molecule has 1 aromatic rings. The Kier molecular flexibility index (Phi) is 3.62. The SMILES string of the molecule is CCCNCC1COc2ccccc2C1. The zero-order valence-electron chi connectivity index (χ0n) is 9.33. The van der Waals surface area contributed by atoms with Crippen molar-refractivity contribution in [1.82, 2.24) is 5.32 Å². The van der Waals surface area contributed by atoms with E-state index in [0.717, 1.165) is 31.9 Å². The summed E-state index contributed by atoms with van der Waals surface area (Å²) >= 11 is 0. The van der Waals surface area contributed by atoms with E-state index in [9.17, 15) is 0 Å². The molecule has 2 nitrogen and oxygen atoms in total. The quantitative estimate of drug-likeness (QED) is 0.761. The zero-order chi connectivity index (χ0) is 10.5. The first-order valence-electron chi connectivity index (χ1n) is 5.81. The summed E-state index contributed by atoms with van der Waals surface area (Å²) in [6.07, 6.45) is 2.34. The van der Waals surface area contributed by atoms with Crippen LogP contribution >= 0.6 is 0 Å². The van der Waals surface area contributed by atoms with Gasteiger partial charge in [-0.2, -0.15) is 0 Å². The van der Waals surface area contributed by atoms with Crippen molar-refractivity contribution in [1.29, 1.82) is 0 Å². The van der Waals surface area contributed by atoms with Crippen molar-refractivity contribution in [3.63, 3.8) is 0 Å². The first-order valence-corrected chi connectivity index (χ1v) is 5.81. The van der Waals surface area contributed by atoms with E-state index in [2.05, 4.69) is 30.4 Å². The molecule has 1 atom stereocenters. The standard InChI is InChI=1S/C13H19NO/c1-2-7-14-9-11-8-12-5-3-4-6-13(12)15-10-11/h3-6,11,14H,2,7-10H2,1H3. The van der Waals surface area contributed by atoms with Crippen molar-refractivity contribution < 1.29 is 4.74 Å². The van der Waals surface area contributed by atoms with Gasteiger partial charge in [-0.15, -0.1) is 0 Å². The number of para-hydroxylation sites is 1. The molecule has 0 saturated carbocycles. The van der Waals surface area contributed by atoms with E-state index < -0.39 is 0 Å². The third-order valence-corrected chi connectivity index (χ3v) is 2.82. The van der Waals surface area contributed by atoms with Crippen LogP contribution in [-0.2, 0) is 6.42 Å². The van der Waals surface area contributed by atoms with Gasteiger partial charge in [0.2, 0.25) is 0 Å². The van der Waals surface area contributed by atoms with E-state index in [1.54, 1.807) is 0 Å². The average Bonchev–Trinajstić information content (AvgIpc) is 2.29. The molecule has 1 aliphatic heterocycles. The van der Waals surface area contributed by atoms with Crippen molar-refractivity contribution in [3.8, 4) is 5.75 Å². The number of fused-ring (bicyclic) bond motifs is 1. The van der Waals surface area contributed by atoms with Gasteiger partial charge in [0.15, 0.2) is 0 Å². The maximum Gasteiger partial charge on any atom is 0.122 e. The summed E-state index contributed by atoms with van der Waals surface area (Å²) in [6.45, 7) is 5.23. The van der Waals surface area contributed by atoms with Crippen LogP contribution in [-0.4, -0.2) is 19.7 Å². The summed E-state index contributed by atoms with van der Waals surface area (Å²) in [5.74, 6) is 1.70. The van der Waals surface area contributed by atoms with E-state index in [0.29, 0.717) is 5.92 Å². The predicted molar refractivity (Wildman–Crippen MR) is 62.3 cm³/mol. The second kappa shape index (κ2) is 5.17. The van der Waals surface area contributed by atoms with Crippen molar-refractivity contribution in [2.75, 3.05) is 19.7 Å². The van der Waals surface area contributed by atoms with Gasteiger partial charge in [-0.3, -0.25) is 0 Å². The highest BCUT2D eigenvalue weighted by atomic mass is 16.5. The van der Waals surface area contributed by atoms with Crippen LogP contribution in [0.15, 0.2) is 24.3 Å². The van der Waals surface area contributed by atoms with Gasteiger partial charge in [0.1, 0.15) is 5.75 Å². The largest absolute Gasteiger partial charge is 0.493 e. The predicted octanol–water partition coefficient (Wildman–Crippen LogP) is 2.24. The second-order valence-corrected chi connectivity index (χ2v) is 4.19. The molecule has 15 heavy (non-hydrogen) atoms. The fourth-order valence-electron chi connectivity index (χ4n) is 2.00. The lowest BCUT2D eigenvalue weighted by molar-refractivity contribution is 0.218. The molecule has 1 aromatic carbocycles. The number of hydrogen-bond acceptors (Lipinski definition) is 2. The minimum Gasteiger partial charge on any atom is -0.493 e. The van der Waals surface area contributed by atoms with Gasteiger partial charge in [-0.05, 0) is 31.0 Å². The molecule has 0 spiro atoms. The highest BCUT2D eigenvalue weighted by Gasteiger charge is 2.18.